The van der Waals surface area contributed by atoms with Crippen molar-refractivity contribution in [1.29, 1.82) is 0 Å². The van der Waals surface area contributed by atoms with Crippen LogP contribution in [0.3, 0.4) is 0 Å². The van der Waals surface area contributed by atoms with Crippen molar-refractivity contribution in [1.82, 2.24) is 4.90 Å². The largest absolute Gasteiger partial charge is 0.497 e. The van der Waals surface area contributed by atoms with Gasteiger partial charge in [-0.05, 0) is 55.3 Å². The van der Waals surface area contributed by atoms with Gasteiger partial charge < -0.3 is 9.64 Å². The second kappa shape index (κ2) is 5.54. The van der Waals surface area contributed by atoms with E-state index >= 15 is 0 Å². The van der Waals surface area contributed by atoms with Gasteiger partial charge in [-0.3, -0.25) is 0 Å². The maximum absolute atomic E-state index is 5.40. The van der Waals surface area contributed by atoms with Crippen LogP contribution in [0.1, 0.15) is 37.2 Å². The number of fused-ring (bicyclic) bond motifs is 1. The Hall–Kier alpha value is -1.02. The molecular weight excluding hydrogens is 234 g/mol. The molecule has 0 spiro atoms. The molecule has 1 aromatic rings. The van der Waals surface area contributed by atoms with Crippen LogP contribution < -0.4 is 4.74 Å². The van der Waals surface area contributed by atoms with Crippen LogP contribution >= 0.6 is 0 Å². The lowest BCUT2D eigenvalue weighted by atomic mass is 9.79. The smallest absolute Gasteiger partial charge is 0.119 e. The summed E-state index contributed by atoms with van der Waals surface area (Å²) in [6, 6.07) is 8.75. The van der Waals surface area contributed by atoms with E-state index in [2.05, 4.69) is 36.2 Å². The van der Waals surface area contributed by atoms with Gasteiger partial charge in [0.1, 0.15) is 5.75 Å². The van der Waals surface area contributed by atoms with E-state index in [4.69, 9.17) is 4.74 Å². The molecule has 1 aliphatic heterocycles. The zero-order chi connectivity index (χ0) is 13.2. The van der Waals surface area contributed by atoms with Crippen LogP contribution in [-0.4, -0.2) is 32.1 Å². The number of likely N-dealkylation sites (tertiary alicyclic amines) is 1. The van der Waals surface area contributed by atoms with E-state index in [-0.39, 0.29) is 0 Å². The normalized spacial score (nSPS) is 31.8. The van der Waals surface area contributed by atoms with E-state index in [0.717, 1.165) is 23.5 Å². The maximum Gasteiger partial charge on any atom is 0.119 e. The summed E-state index contributed by atoms with van der Waals surface area (Å²) in [5.41, 5.74) is 1.49. The lowest BCUT2D eigenvalue weighted by Crippen LogP contribution is -2.20. The number of nitrogens with zero attached hydrogens (tertiary/aromatic N) is 1. The van der Waals surface area contributed by atoms with Crippen molar-refractivity contribution >= 4 is 0 Å². The second-order valence-corrected chi connectivity index (χ2v) is 6.31. The monoisotopic (exact) mass is 259 g/mol. The Labute approximate surface area is 116 Å². The van der Waals surface area contributed by atoms with Crippen LogP contribution in [0.4, 0.5) is 0 Å². The summed E-state index contributed by atoms with van der Waals surface area (Å²) in [6.07, 6.45) is 5.58. The molecule has 104 valence electrons. The topological polar surface area (TPSA) is 12.5 Å². The fourth-order valence-electron chi connectivity index (χ4n) is 4.15. The van der Waals surface area contributed by atoms with E-state index in [1.54, 1.807) is 7.11 Å². The van der Waals surface area contributed by atoms with Crippen molar-refractivity contribution in [3.05, 3.63) is 29.8 Å². The Balaban J connectivity index is 1.88. The number of hydrogen-bond donors (Lipinski definition) is 0. The molecule has 2 aliphatic rings. The molecule has 2 fully saturated rings. The van der Waals surface area contributed by atoms with Crippen LogP contribution in [0, 0.1) is 11.8 Å². The highest BCUT2D eigenvalue weighted by Gasteiger charge is 2.38. The molecule has 1 aliphatic carbocycles. The van der Waals surface area contributed by atoms with Gasteiger partial charge in [0, 0.05) is 13.1 Å². The van der Waals surface area contributed by atoms with Crippen LogP contribution in [-0.2, 0) is 0 Å². The molecule has 0 N–H and O–H groups in total. The van der Waals surface area contributed by atoms with Gasteiger partial charge in [-0.1, -0.05) is 25.0 Å². The third-order valence-electron chi connectivity index (χ3n) is 5.05. The molecule has 1 heterocycles. The molecule has 0 radical (unpaired) electrons. The molecule has 0 amide bonds. The van der Waals surface area contributed by atoms with Gasteiger partial charge in [0.2, 0.25) is 0 Å². The van der Waals surface area contributed by atoms with Crippen molar-refractivity contribution in [2.75, 3.05) is 27.2 Å². The second-order valence-electron chi connectivity index (χ2n) is 6.31. The van der Waals surface area contributed by atoms with E-state index < -0.39 is 0 Å². The minimum Gasteiger partial charge on any atom is -0.497 e. The average molecular weight is 259 g/mol. The lowest BCUT2D eigenvalue weighted by Gasteiger charge is -2.26. The van der Waals surface area contributed by atoms with Crippen molar-refractivity contribution < 1.29 is 4.74 Å². The fraction of sp³-hybridized carbons (Fsp3) is 0.647. The Kier molecular flexibility index (Phi) is 3.79. The number of benzene rings is 1. The third-order valence-corrected chi connectivity index (χ3v) is 5.05. The molecule has 1 saturated carbocycles. The van der Waals surface area contributed by atoms with Crippen molar-refractivity contribution in [3.63, 3.8) is 0 Å². The molecule has 0 aromatic heterocycles. The van der Waals surface area contributed by atoms with E-state index in [0.29, 0.717) is 0 Å². The van der Waals surface area contributed by atoms with Crippen LogP contribution in [0.5, 0.6) is 5.75 Å². The summed E-state index contributed by atoms with van der Waals surface area (Å²) in [6.45, 7) is 2.57. The number of hydrogen-bond acceptors (Lipinski definition) is 2. The van der Waals surface area contributed by atoms with Gasteiger partial charge in [0.05, 0.1) is 7.11 Å². The third kappa shape index (κ3) is 2.64. The molecule has 1 aromatic carbocycles. The highest BCUT2D eigenvalue weighted by molar-refractivity contribution is 5.31. The van der Waals surface area contributed by atoms with Crippen LogP contribution in [0.2, 0.25) is 0 Å². The SMILES string of the molecule is COc1cccc([C@H]2CCCC[C@H]3CN(C)C[C@H]32)c1. The first-order chi connectivity index (χ1) is 9.28. The lowest BCUT2D eigenvalue weighted by molar-refractivity contribution is 0.346. The fourth-order valence-corrected chi connectivity index (χ4v) is 4.15. The average Bonchev–Trinajstić information content (AvgIpc) is 2.69. The van der Waals surface area contributed by atoms with Gasteiger partial charge in [-0.25, -0.2) is 0 Å². The molecule has 0 unspecified atom stereocenters. The molecule has 2 nitrogen and oxygen atoms in total. The summed E-state index contributed by atoms with van der Waals surface area (Å²) in [5.74, 6) is 3.49. The van der Waals surface area contributed by atoms with Gasteiger partial charge in [-0.2, -0.15) is 0 Å². The highest BCUT2D eigenvalue weighted by Crippen LogP contribution is 2.43. The Morgan fingerprint density at radius 1 is 1.16 bits per heavy atom. The van der Waals surface area contributed by atoms with Gasteiger partial charge in [0.25, 0.3) is 0 Å². The molecule has 2 heteroatoms. The minimum absolute atomic E-state index is 0.729. The van der Waals surface area contributed by atoms with E-state index in [9.17, 15) is 0 Å². The molecule has 1 saturated heterocycles. The summed E-state index contributed by atoms with van der Waals surface area (Å²) >= 11 is 0. The van der Waals surface area contributed by atoms with Crippen molar-refractivity contribution in [2.45, 2.75) is 31.6 Å². The summed E-state index contributed by atoms with van der Waals surface area (Å²) < 4.78 is 5.40. The predicted octanol–water partition coefficient (Wildman–Crippen LogP) is 3.53. The first-order valence-electron chi connectivity index (χ1n) is 7.60. The summed E-state index contributed by atoms with van der Waals surface area (Å²) in [4.78, 5) is 2.52. The summed E-state index contributed by atoms with van der Waals surface area (Å²) in [5, 5.41) is 0. The predicted molar refractivity (Wildman–Crippen MR) is 78.7 cm³/mol. The van der Waals surface area contributed by atoms with Crippen LogP contribution in [0.15, 0.2) is 24.3 Å². The Bertz CT molecular complexity index is 431. The zero-order valence-electron chi connectivity index (χ0n) is 12.1. The first kappa shape index (κ1) is 13.0. The summed E-state index contributed by atoms with van der Waals surface area (Å²) in [7, 11) is 4.04. The Morgan fingerprint density at radius 3 is 2.84 bits per heavy atom. The van der Waals surface area contributed by atoms with Gasteiger partial charge in [0.15, 0.2) is 0 Å². The molecule has 0 bridgehead atoms. The standard InChI is InChI=1S/C17H25NO/c1-18-11-14-6-3-4-9-16(17(14)12-18)13-7-5-8-15(10-13)19-2/h5,7-8,10,14,16-17H,3-4,6,9,11-12H2,1-2H3/t14-,16+,17+/m0/s1. The quantitative estimate of drug-likeness (QED) is 0.805. The van der Waals surface area contributed by atoms with Gasteiger partial charge in [-0.15, -0.1) is 0 Å². The Morgan fingerprint density at radius 2 is 2.00 bits per heavy atom. The minimum atomic E-state index is 0.729. The van der Waals surface area contributed by atoms with Crippen LogP contribution in [0.25, 0.3) is 0 Å². The first-order valence-corrected chi connectivity index (χ1v) is 7.60. The number of ether oxygens (including phenoxy) is 1. The highest BCUT2D eigenvalue weighted by atomic mass is 16.5. The maximum atomic E-state index is 5.40. The van der Waals surface area contributed by atoms with Gasteiger partial charge >= 0.3 is 0 Å². The number of rotatable bonds is 2. The number of methoxy groups -OCH3 is 1. The van der Waals surface area contributed by atoms with Crippen molar-refractivity contribution in [3.8, 4) is 5.75 Å². The van der Waals surface area contributed by atoms with Crippen molar-refractivity contribution in [2.24, 2.45) is 11.8 Å². The molecular formula is C17H25NO. The zero-order valence-corrected chi connectivity index (χ0v) is 12.1. The molecule has 19 heavy (non-hydrogen) atoms. The van der Waals surface area contributed by atoms with E-state index in [1.165, 1.54) is 44.3 Å². The molecule has 3 rings (SSSR count). The van der Waals surface area contributed by atoms with E-state index in [1.807, 2.05) is 0 Å². The molecule has 3 atom stereocenters.